The Hall–Kier alpha value is -0.583. The van der Waals surface area contributed by atoms with Gasteiger partial charge in [0.1, 0.15) is 6.79 Å². The third-order valence-corrected chi connectivity index (χ3v) is 15.6. The molecule has 0 saturated carbocycles. The summed E-state index contributed by atoms with van der Waals surface area (Å²) in [6.07, 6.45) is 11.7. The minimum absolute atomic E-state index is 0.0360. The molecule has 0 aromatic rings. The molecule has 0 unspecified atom stereocenters. The maximum Gasteiger partial charge on any atom is 0.192 e. The van der Waals surface area contributed by atoms with Gasteiger partial charge in [0.05, 0.1) is 46.8 Å². The van der Waals surface area contributed by atoms with Crippen molar-refractivity contribution in [2.45, 2.75) is 205 Å². The first-order chi connectivity index (χ1) is 21.0. The fraction of sp³-hybridized carbons (Fsp3) is 0.895. The van der Waals surface area contributed by atoms with Crippen molar-refractivity contribution >= 4 is 8.32 Å². The Labute approximate surface area is 284 Å². The number of ether oxygens (including phenoxy) is 4. The number of methoxy groups -OCH3 is 1. The number of hydrogen-bond donors (Lipinski definition) is 2. The fourth-order valence-electron chi connectivity index (χ4n) is 6.22. The van der Waals surface area contributed by atoms with Gasteiger partial charge in [-0.1, -0.05) is 44.1 Å². The molecule has 0 bridgehead atoms. The van der Waals surface area contributed by atoms with E-state index >= 15 is 0 Å². The summed E-state index contributed by atoms with van der Waals surface area (Å²) in [4.78, 5) is 0. The van der Waals surface area contributed by atoms with Crippen LogP contribution in [0.3, 0.4) is 0 Å². The fourth-order valence-corrected chi connectivity index (χ4v) is 7.66. The van der Waals surface area contributed by atoms with Crippen LogP contribution in [0.2, 0.25) is 18.1 Å². The molecule has 2 fully saturated rings. The second kappa shape index (κ2) is 16.4. The van der Waals surface area contributed by atoms with E-state index in [9.17, 15) is 10.2 Å². The normalized spacial score (nSPS) is 28.5. The molecule has 2 aliphatic rings. The molecule has 270 valence electrons. The third-order valence-electron chi connectivity index (χ3n) is 11.1. The molecule has 46 heavy (non-hydrogen) atoms. The van der Waals surface area contributed by atoms with Crippen molar-refractivity contribution < 1.29 is 33.6 Å². The molecule has 0 amide bonds. The van der Waals surface area contributed by atoms with E-state index in [0.717, 1.165) is 44.9 Å². The maximum absolute atomic E-state index is 11.9. The molecule has 0 radical (unpaired) electrons. The topological polar surface area (TPSA) is 93.2 Å². The van der Waals surface area contributed by atoms with Crippen LogP contribution in [0.4, 0.5) is 0 Å². The molecule has 0 aromatic heterocycles. The minimum atomic E-state index is -2.14. The van der Waals surface area contributed by atoms with Crippen LogP contribution in [0.25, 0.3) is 0 Å². The van der Waals surface area contributed by atoms with Gasteiger partial charge in [0.25, 0.3) is 0 Å². The summed E-state index contributed by atoms with van der Waals surface area (Å²) in [5.74, 6) is 0. The SMILES string of the molecule is COCO[C@@](C)(CCC=C(C)C)[C@H](O)CC[C@]1(C)O[C@H]1CC[C@@H](O[Si](C)(C)C(C)(C)C)[C@@](C)(O)CC[C@@H]1O[C@@]1(C)CCC=C(C)C. The lowest BCUT2D eigenvalue weighted by molar-refractivity contribution is -0.173. The number of aliphatic hydroxyl groups is 2. The molecule has 8 atom stereocenters. The van der Waals surface area contributed by atoms with Crippen LogP contribution in [0.1, 0.15) is 140 Å². The van der Waals surface area contributed by atoms with E-state index in [1.54, 1.807) is 7.11 Å². The molecule has 7 nitrogen and oxygen atoms in total. The predicted octanol–water partition coefficient (Wildman–Crippen LogP) is 9.02. The van der Waals surface area contributed by atoms with Crippen LogP contribution in [0.5, 0.6) is 0 Å². The first-order valence-corrected chi connectivity index (χ1v) is 20.7. The number of allylic oxidation sites excluding steroid dienone is 4. The van der Waals surface area contributed by atoms with Gasteiger partial charge >= 0.3 is 0 Å². The van der Waals surface area contributed by atoms with E-state index in [1.807, 2.05) is 13.8 Å². The predicted molar refractivity (Wildman–Crippen MR) is 192 cm³/mol. The van der Waals surface area contributed by atoms with Gasteiger partial charge in [0.2, 0.25) is 0 Å². The lowest BCUT2D eigenvalue weighted by atomic mass is 9.85. The summed E-state index contributed by atoms with van der Waals surface area (Å²) in [5.41, 5.74) is 0.528. The lowest BCUT2D eigenvalue weighted by Gasteiger charge is -2.44. The highest BCUT2D eigenvalue weighted by Gasteiger charge is 2.54. The summed E-state index contributed by atoms with van der Waals surface area (Å²) in [5, 5.41) is 23.2. The minimum Gasteiger partial charge on any atom is -0.411 e. The Balaban J connectivity index is 2.02. The highest BCUT2D eigenvalue weighted by atomic mass is 28.4. The van der Waals surface area contributed by atoms with E-state index in [2.05, 4.69) is 87.6 Å². The van der Waals surface area contributed by atoms with Gasteiger partial charge in [-0.2, -0.15) is 0 Å². The average Bonchev–Trinajstić information content (AvgIpc) is 3.79. The molecule has 8 heteroatoms. The summed E-state index contributed by atoms with van der Waals surface area (Å²) in [6, 6.07) is 0. The second-order valence-corrected chi connectivity index (χ2v) is 22.0. The van der Waals surface area contributed by atoms with E-state index in [4.69, 9.17) is 23.4 Å². The van der Waals surface area contributed by atoms with Crippen molar-refractivity contribution in [1.29, 1.82) is 0 Å². The largest absolute Gasteiger partial charge is 0.411 e. The first-order valence-electron chi connectivity index (χ1n) is 17.8. The molecule has 2 saturated heterocycles. The van der Waals surface area contributed by atoms with Crippen molar-refractivity contribution in [3.05, 3.63) is 23.3 Å². The third kappa shape index (κ3) is 12.4. The zero-order valence-electron chi connectivity index (χ0n) is 32.2. The monoisotopic (exact) mass is 669 g/mol. The molecule has 2 aliphatic heterocycles. The zero-order chi connectivity index (χ0) is 35.2. The van der Waals surface area contributed by atoms with Gasteiger partial charge in [-0.25, -0.2) is 0 Å². The molecule has 2 rings (SSSR count). The Morgan fingerprint density at radius 2 is 1.39 bits per heavy atom. The average molecular weight is 669 g/mol. The quantitative estimate of drug-likeness (QED) is 0.0515. The van der Waals surface area contributed by atoms with E-state index in [0.29, 0.717) is 19.3 Å². The van der Waals surface area contributed by atoms with Crippen LogP contribution >= 0.6 is 0 Å². The number of rotatable bonds is 22. The van der Waals surface area contributed by atoms with Gasteiger partial charge in [0.15, 0.2) is 8.32 Å². The Bertz CT molecular complexity index is 1010. The molecule has 2 heterocycles. The van der Waals surface area contributed by atoms with Crippen LogP contribution in [0.15, 0.2) is 23.3 Å². The van der Waals surface area contributed by atoms with Crippen LogP contribution in [-0.4, -0.2) is 79.3 Å². The van der Waals surface area contributed by atoms with Crippen molar-refractivity contribution in [3.63, 3.8) is 0 Å². The molecule has 0 aromatic carbocycles. The molecule has 0 spiro atoms. The summed E-state index contributed by atoms with van der Waals surface area (Å²) in [7, 11) is -0.536. The van der Waals surface area contributed by atoms with E-state index < -0.39 is 25.6 Å². The second-order valence-electron chi connectivity index (χ2n) is 17.2. The molecular formula is C38H72O7Si. The maximum atomic E-state index is 11.9. The standard InChI is InChI=1S/C38H72O7Si/c1-28(2)17-15-23-36(9,42-27-41-12)30(39)21-26-38(11)32(43-38)20-19-31(45-46(13,14)34(5,6)7)35(8,40)25-22-33-37(10,44-33)24-16-18-29(3)4/h17-18,30-33,39-40H,15-16,19-27H2,1-14H3/t30-,31-,32+,33+,35+,36+,37+,38+/m1/s1. The molecular weight excluding hydrogens is 596 g/mol. The number of aliphatic hydroxyl groups excluding tert-OH is 1. The first kappa shape index (κ1) is 41.6. The summed E-state index contributed by atoms with van der Waals surface area (Å²) in [6.45, 7) is 28.1. The highest BCUT2D eigenvalue weighted by molar-refractivity contribution is 6.74. The van der Waals surface area contributed by atoms with Gasteiger partial charge in [-0.15, -0.1) is 0 Å². The highest BCUT2D eigenvalue weighted by Crippen LogP contribution is 2.48. The summed E-state index contributed by atoms with van der Waals surface area (Å²) < 4.78 is 30.6. The van der Waals surface area contributed by atoms with E-state index in [-0.39, 0.29) is 41.3 Å². The van der Waals surface area contributed by atoms with E-state index in [1.165, 1.54) is 11.1 Å². The van der Waals surface area contributed by atoms with Crippen LogP contribution < -0.4 is 0 Å². The number of epoxide rings is 2. The Morgan fingerprint density at radius 3 is 1.93 bits per heavy atom. The van der Waals surface area contributed by atoms with Gasteiger partial charge in [0, 0.05) is 7.11 Å². The Kier molecular flexibility index (Phi) is 14.8. The van der Waals surface area contributed by atoms with Gasteiger partial charge in [-0.3, -0.25) is 0 Å². The van der Waals surface area contributed by atoms with Crippen molar-refractivity contribution in [1.82, 2.24) is 0 Å². The number of hydrogen-bond acceptors (Lipinski definition) is 7. The van der Waals surface area contributed by atoms with Crippen LogP contribution in [-0.2, 0) is 23.4 Å². The molecule has 0 aliphatic carbocycles. The lowest BCUT2D eigenvalue weighted by Crippen LogP contribution is -2.51. The smallest absolute Gasteiger partial charge is 0.192 e. The zero-order valence-corrected chi connectivity index (χ0v) is 33.2. The van der Waals surface area contributed by atoms with Crippen LogP contribution in [0, 0.1) is 0 Å². The van der Waals surface area contributed by atoms with Gasteiger partial charge in [-0.05, 0) is 138 Å². The Morgan fingerprint density at radius 1 is 0.848 bits per heavy atom. The van der Waals surface area contributed by atoms with Crippen molar-refractivity contribution in [2.24, 2.45) is 0 Å². The summed E-state index contributed by atoms with van der Waals surface area (Å²) >= 11 is 0. The van der Waals surface area contributed by atoms with Crippen molar-refractivity contribution in [3.8, 4) is 0 Å². The van der Waals surface area contributed by atoms with Crippen molar-refractivity contribution in [2.75, 3.05) is 13.9 Å². The van der Waals surface area contributed by atoms with Gasteiger partial charge < -0.3 is 33.6 Å². The molecule has 2 N–H and O–H groups in total.